The zero-order valence-corrected chi connectivity index (χ0v) is 10.0. The number of halogens is 1. The van der Waals surface area contributed by atoms with Crippen LogP contribution in [-0.2, 0) is 0 Å². The Bertz CT molecular complexity index is 541. The van der Waals surface area contributed by atoms with Crippen LogP contribution < -0.4 is 0 Å². The van der Waals surface area contributed by atoms with Gasteiger partial charge < -0.3 is 5.11 Å². The smallest absolute Gasteiger partial charge is 0.163 e. The van der Waals surface area contributed by atoms with Gasteiger partial charge in [0.1, 0.15) is 11.5 Å². The minimum Gasteiger partial charge on any atom is -0.391 e. The molecule has 0 saturated heterocycles. The van der Waals surface area contributed by atoms with Gasteiger partial charge >= 0.3 is 0 Å². The van der Waals surface area contributed by atoms with Crippen molar-refractivity contribution in [2.75, 3.05) is 0 Å². The van der Waals surface area contributed by atoms with Crippen LogP contribution >= 0.6 is 11.6 Å². The van der Waals surface area contributed by atoms with E-state index in [0.29, 0.717) is 10.8 Å². The number of nitrogens with zero attached hydrogens (tertiary/aromatic N) is 4. The molecule has 2 unspecified atom stereocenters. The van der Waals surface area contributed by atoms with Gasteiger partial charge in [-0.05, 0) is 12.8 Å². The van der Waals surface area contributed by atoms with Gasteiger partial charge in [-0.2, -0.15) is 5.10 Å². The fraction of sp³-hybridized carbons (Fsp3) is 0.545. The maximum atomic E-state index is 10.0. The topological polar surface area (TPSA) is 63.8 Å². The van der Waals surface area contributed by atoms with Gasteiger partial charge in [-0.1, -0.05) is 24.4 Å². The third-order valence-corrected chi connectivity index (χ3v) is 3.65. The first kappa shape index (κ1) is 10.9. The molecule has 1 fully saturated rings. The van der Waals surface area contributed by atoms with Crippen LogP contribution in [0.4, 0.5) is 0 Å². The Kier molecular flexibility index (Phi) is 2.72. The highest BCUT2D eigenvalue weighted by atomic mass is 35.5. The predicted octanol–water partition coefficient (Wildman–Crippen LogP) is 1.96. The average molecular weight is 253 g/mol. The summed E-state index contributed by atoms with van der Waals surface area (Å²) in [6.07, 6.45) is 6.69. The van der Waals surface area contributed by atoms with Crippen molar-refractivity contribution >= 4 is 22.6 Å². The van der Waals surface area contributed by atoms with Gasteiger partial charge in [0.25, 0.3) is 0 Å². The molecule has 2 aromatic heterocycles. The van der Waals surface area contributed by atoms with Crippen LogP contribution in [0.2, 0.25) is 5.15 Å². The highest BCUT2D eigenvalue weighted by Crippen LogP contribution is 2.31. The summed E-state index contributed by atoms with van der Waals surface area (Å²) in [6, 6.07) is 0.00668. The molecule has 1 aliphatic rings. The van der Waals surface area contributed by atoms with E-state index in [1.54, 1.807) is 10.9 Å². The van der Waals surface area contributed by atoms with Gasteiger partial charge in [-0.3, -0.25) is 0 Å². The second-order valence-corrected chi connectivity index (χ2v) is 4.77. The number of aromatic nitrogens is 4. The second-order valence-electron chi connectivity index (χ2n) is 4.41. The summed E-state index contributed by atoms with van der Waals surface area (Å²) in [7, 11) is 0. The number of aliphatic hydroxyl groups excluding tert-OH is 1. The average Bonchev–Trinajstić information content (AvgIpc) is 2.75. The number of hydrogen-bond acceptors (Lipinski definition) is 4. The largest absolute Gasteiger partial charge is 0.391 e. The Morgan fingerprint density at radius 2 is 2.12 bits per heavy atom. The quantitative estimate of drug-likeness (QED) is 0.788. The van der Waals surface area contributed by atoms with Crippen LogP contribution in [0.5, 0.6) is 0 Å². The Hall–Kier alpha value is -1.20. The Labute approximate surface area is 103 Å². The summed E-state index contributed by atoms with van der Waals surface area (Å²) < 4.78 is 1.78. The van der Waals surface area contributed by atoms with Crippen molar-refractivity contribution in [3.8, 4) is 0 Å². The van der Waals surface area contributed by atoms with Crippen LogP contribution in [0.1, 0.15) is 31.7 Å². The Morgan fingerprint density at radius 3 is 2.94 bits per heavy atom. The molecular weight excluding hydrogens is 240 g/mol. The standard InChI is InChI=1S/C11H13ClN4O/c12-10-7-5-15-16(11(7)14-6-13-10)8-3-1-2-4-9(8)17/h5-6,8-9,17H,1-4H2. The van der Waals surface area contributed by atoms with Crippen LogP contribution in [0.3, 0.4) is 0 Å². The summed E-state index contributed by atoms with van der Waals surface area (Å²) in [5.74, 6) is 0. The molecule has 90 valence electrons. The first-order chi connectivity index (χ1) is 8.27. The molecule has 0 aliphatic heterocycles. The molecule has 2 atom stereocenters. The summed E-state index contributed by atoms with van der Waals surface area (Å²) in [5, 5.41) is 15.5. The van der Waals surface area contributed by atoms with Gasteiger partial charge in [-0.25, -0.2) is 14.6 Å². The lowest BCUT2D eigenvalue weighted by Crippen LogP contribution is -2.28. The molecule has 0 aromatic carbocycles. The van der Waals surface area contributed by atoms with Gasteiger partial charge in [0, 0.05) is 0 Å². The van der Waals surface area contributed by atoms with Crippen LogP contribution in [-0.4, -0.2) is 31.0 Å². The Morgan fingerprint density at radius 1 is 1.29 bits per heavy atom. The molecule has 1 N–H and O–H groups in total. The fourth-order valence-corrected chi connectivity index (χ4v) is 2.63. The molecule has 0 spiro atoms. The lowest BCUT2D eigenvalue weighted by atomic mass is 9.93. The first-order valence-electron chi connectivity index (χ1n) is 5.79. The van der Waals surface area contributed by atoms with Gasteiger partial charge in [-0.15, -0.1) is 0 Å². The number of rotatable bonds is 1. The van der Waals surface area contributed by atoms with Crippen molar-refractivity contribution < 1.29 is 5.11 Å². The normalized spacial score (nSPS) is 25.3. The molecule has 5 nitrogen and oxygen atoms in total. The van der Waals surface area contributed by atoms with E-state index in [1.165, 1.54) is 6.33 Å². The van der Waals surface area contributed by atoms with E-state index in [9.17, 15) is 5.11 Å². The van der Waals surface area contributed by atoms with E-state index in [0.717, 1.165) is 31.1 Å². The van der Waals surface area contributed by atoms with E-state index in [1.807, 2.05) is 0 Å². The van der Waals surface area contributed by atoms with Crippen molar-refractivity contribution in [2.24, 2.45) is 0 Å². The van der Waals surface area contributed by atoms with Crippen molar-refractivity contribution in [3.05, 3.63) is 17.7 Å². The molecule has 1 aliphatic carbocycles. The predicted molar refractivity (Wildman–Crippen MR) is 63.8 cm³/mol. The summed E-state index contributed by atoms with van der Waals surface area (Å²) in [5.41, 5.74) is 0.705. The third kappa shape index (κ3) is 1.79. The zero-order chi connectivity index (χ0) is 11.8. The molecule has 0 amide bonds. The molecular formula is C11H13ClN4O. The van der Waals surface area contributed by atoms with Crippen molar-refractivity contribution in [1.82, 2.24) is 19.7 Å². The van der Waals surface area contributed by atoms with Crippen LogP contribution in [0.15, 0.2) is 12.5 Å². The van der Waals surface area contributed by atoms with Crippen LogP contribution in [0.25, 0.3) is 11.0 Å². The molecule has 1 saturated carbocycles. The van der Waals surface area contributed by atoms with Crippen molar-refractivity contribution in [1.29, 1.82) is 0 Å². The van der Waals surface area contributed by atoms with Crippen molar-refractivity contribution in [2.45, 2.75) is 37.8 Å². The Balaban J connectivity index is 2.08. The second kappa shape index (κ2) is 4.23. The van der Waals surface area contributed by atoms with Crippen molar-refractivity contribution in [3.63, 3.8) is 0 Å². The molecule has 0 bridgehead atoms. The zero-order valence-electron chi connectivity index (χ0n) is 9.25. The lowest BCUT2D eigenvalue weighted by Gasteiger charge is -2.27. The van der Waals surface area contributed by atoms with E-state index in [4.69, 9.17) is 11.6 Å². The molecule has 3 rings (SSSR count). The van der Waals surface area contributed by atoms with E-state index >= 15 is 0 Å². The first-order valence-corrected chi connectivity index (χ1v) is 6.17. The summed E-state index contributed by atoms with van der Waals surface area (Å²) >= 11 is 5.98. The molecule has 0 radical (unpaired) electrons. The van der Waals surface area contributed by atoms with Crippen LogP contribution in [0, 0.1) is 0 Å². The monoisotopic (exact) mass is 252 g/mol. The maximum Gasteiger partial charge on any atom is 0.163 e. The minimum absolute atomic E-state index is 0.00668. The van der Waals surface area contributed by atoms with E-state index in [2.05, 4.69) is 15.1 Å². The van der Waals surface area contributed by atoms with Gasteiger partial charge in [0.15, 0.2) is 5.65 Å². The van der Waals surface area contributed by atoms with E-state index < -0.39 is 0 Å². The molecule has 6 heteroatoms. The molecule has 2 aromatic rings. The highest BCUT2D eigenvalue weighted by molar-refractivity contribution is 6.33. The number of fused-ring (bicyclic) bond motifs is 1. The summed E-state index contributed by atoms with van der Waals surface area (Å²) in [4.78, 5) is 8.13. The lowest BCUT2D eigenvalue weighted by molar-refractivity contribution is 0.0713. The fourth-order valence-electron chi connectivity index (χ4n) is 2.45. The SMILES string of the molecule is OC1CCCCC1n1ncc2c(Cl)ncnc21. The number of hydrogen-bond donors (Lipinski definition) is 1. The molecule has 2 heterocycles. The minimum atomic E-state index is -0.347. The number of aliphatic hydroxyl groups is 1. The van der Waals surface area contributed by atoms with Gasteiger partial charge in [0.2, 0.25) is 0 Å². The van der Waals surface area contributed by atoms with Gasteiger partial charge in [0.05, 0.1) is 23.7 Å². The summed E-state index contributed by atoms with van der Waals surface area (Å²) in [6.45, 7) is 0. The maximum absolute atomic E-state index is 10.0. The third-order valence-electron chi connectivity index (χ3n) is 3.35. The molecule has 17 heavy (non-hydrogen) atoms. The highest BCUT2D eigenvalue weighted by Gasteiger charge is 2.27. The van der Waals surface area contributed by atoms with E-state index in [-0.39, 0.29) is 12.1 Å².